The number of carbonyl (C=O) groups excluding carboxylic acids is 1. The Morgan fingerprint density at radius 3 is 2.67 bits per heavy atom. The number of carbonyl (C=O) groups is 1. The molecule has 4 nitrogen and oxygen atoms in total. The molecule has 0 atom stereocenters. The molecule has 0 fully saturated rings. The molecule has 0 saturated heterocycles. The molecule has 0 unspecified atom stereocenters. The number of hydrogen-bond donors (Lipinski definition) is 0. The molecule has 0 aliphatic carbocycles. The van der Waals surface area contributed by atoms with Crippen LogP contribution in [-0.4, -0.2) is 23.6 Å². The van der Waals surface area contributed by atoms with Gasteiger partial charge < -0.3 is 4.84 Å². The van der Waals surface area contributed by atoms with Crippen molar-refractivity contribution in [2.45, 2.75) is 19.3 Å². The molecule has 1 aromatic heterocycles. The summed E-state index contributed by atoms with van der Waals surface area (Å²) >= 11 is 11.9. The third-order valence-electron chi connectivity index (χ3n) is 3.26. The molecule has 24 heavy (non-hydrogen) atoms. The first-order valence-corrected chi connectivity index (χ1v) is 7.91. The van der Waals surface area contributed by atoms with Gasteiger partial charge in [-0.3, -0.25) is 9.78 Å². The number of nitrogens with zero attached hydrogens (tertiary/aromatic N) is 2. The number of pyridine rings is 1. The van der Waals surface area contributed by atoms with Gasteiger partial charge in [0.1, 0.15) is 18.7 Å². The molecule has 0 saturated carbocycles. The maximum absolute atomic E-state index is 13.1. The second kappa shape index (κ2) is 8.76. The van der Waals surface area contributed by atoms with Crippen LogP contribution in [0.4, 0.5) is 4.39 Å². The summed E-state index contributed by atoms with van der Waals surface area (Å²) in [5.74, 6) is -0.510. The van der Waals surface area contributed by atoms with E-state index in [0.29, 0.717) is 27.7 Å². The summed E-state index contributed by atoms with van der Waals surface area (Å²) in [6, 6.07) is 6.38. The van der Waals surface area contributed by atoms with E-state index in [1.165, 1.54) is 19.4 Å². The number of hydrogen-bond acceptors (Lipinski definition) is 4. The van der Waals surface area contributed by atoms with Crippen molar-refractivity contribution in [2.75, 3.05) is 7.11 Å². The van der Waals surface area contributed by atoms with Crippen molar-refractivity contribution in [1.29, 1.82) is 0 Å². The molecule has 0 bridgehead atoms. The van der Waals surface area contributed by atoms with E-state index in [0.717, 1.165) is 11.8 Å². The summed E-state index contributed by atoms with van der Waals surface area (Å²) in [4.78, 5) is 20.7. The number of benzene rings is 1. The fourth-order valence-corrected chi connectivity index (χ4v) is 2.45. The molecule has 0 amide bonds. The Hall–Kier alpha value is -1.98. The Bertz CT molecular complexity index is 766. The lowest BCUT2D eigenvalue weighted by atomic mass is 10.0. The Balaban J connectivity index is 2.02. The summed E-state index contributed by atoms with van der Waals surface area (Å²) < 4.78 is 13.1. The van der Waals surface area contributed by atoms with Crippen molar-refractivity contribution >= 4 is 34.7 Å². The highest BCUT2D eigenvalue weighted by molar-refractivity contribution is 6.42. The summed E-state index contributed by atoms with van der Waals surface area (Å²) in [5.41, 5.74) is 1.85. The Morgan fingerprint density at radius 2 is 2.00 bits per heavy atom. The van der Waals surface area contributed by atoms with Gasteiger partial charge >= 0.3 is 0 Å². The number of oxime groups is 1. The van der Waals surface area contributed by atoms with Crippen LogP contribution >= 0.6 is 23.2 Å². The maximum atomic E-state index is 13.1. The van der Waals surface area contributed by atoms with Crippen molar-refractivity contribution in [3.63, 3.8) is 0 Å². The van der Waals surface area contributed by atoms with E-state index < -0.39 is 5.82 Å². The Morgan fingerprint density at radius 1 is 1.21 bits per heavy atom. The fraction of sp³-hybridized carbons (Fsp3) is 0.235. The lowest BCUT2D eigenvalue weighted by Gasteiger charge is -2.07. The van der Waals surface area contributed by atoms with Gasteiger partial charge in [-0.2, -0.15) is 0 Å². The summed E-state index contributed by atoms with van der Waals surface area (Å²) in [5, 5.41) is 4.78. The standard InChI is InChI=1S/C17H15Cl2FN2O2/c1-24-22-17(12-2-4-15(18)16(19)8-12)5-3-14(23)7-11-6-13(20)10-21-9-11/h2,4,6,8-10H,3,5,7H2,1H3/b22-17+. The van der Waals surface area contributed by atoms with Crippen LogP contribution < -0.4 is 0 Å². The van der Waals surface area contributed by atoms with Gasteiger partial charge in [0.25, 0.3) is 0 Å². The second-order valence-corrected chi connectivity index (χ2v) is 5.89. The Labute approximate surface area is 149 Å². The van der Waals surface area contributed by atoms with Crippen molar-refractivity contribution in [3.8, 4) is 0 Å². The topological polar surface area (TPSA) is 51.5 Å². The SMILES string of the molecule is CO/N=C(\CCC(=O)Cc1cncc(F)c1)c1ccc(Cl)c(Cl)c1. The maximum Gasteiger partial charge on any atom is 0.141 e. The second-order valence-electron chi connectivity index (χ2n) is 5.08. The van der Waals surface area contributed by atoms with Gasteiger partial charge in [0.15, 0.2) is 0 Å². The van der Waals surface area contributed by atoms with Crippen molar-refractivity contribution in [1.82, 2.24) is 4.98 Å². The van der Waals surface area contributed by atoms with E-state index in [2.05, 4.69) is 10.1 Å². The van der Waals surface area contributed by atoms with E-state index in [1.54, 1.807) is 18.2 Å². The van der Waals surface area contributed by atoms with E-state index >= 15 is 0 Å². The van der Waals surface area contributed by atoms with Crippen LogP contribution in [-0.2, 0) is 16.1 Å². The number of Topliss-reactive ketones (excluding diaryl/α,β-unsaturated/α-hetero) is 1. The van der Waals surface area contributed by atoms with Crippen LogP contribution in [0.2, 0.25) is 10.0 Å². The first-order valence-electron chi connectivity index (χ1n) is 7.16. The minimum absolute atomic E-state index is 0.0498. The number of aromatic nitrogens is 1. The van der Waals surface area contributed by atoms with Gasteiger partial charge in [-0.15, -0.1) is 0 Å². The molecule has 7 heteroatoms. The molecule has 1 aromatic carbocycles. The number of rotatable bonds is 7. The third-order valence-corrected chi connectivity index (χ3v) is 4.00. The lowest BCUT2D eigenvalue weighted by molar-refractivity contribution is -0.118. The number of halogens is 3. The molecule has 0 radical (unpaired) electrons. The molecule has 0 aliphatic rings. The molecule has 0 spiro atoms. The predicted octanol–water partition coefficient (Wildman–Crippen LogP) is 4.47. The molecule has 1 heterocycles. The van der Waals surface area contributed by atoms with Gasteiger partial charge in [-0.1, -0.05) is 34.4 Å². The van der Waals surface area contributed by atoms with E-state index in [4.69, 9.17) is 28.0 Å². The van der Waals surface area contributed by atoms with E-state index in [-0.39, 0.29) is 18.6 Å². The highest BCUT2D eigenvalue weighted by atomic mass is 35.5. The van der Waals surface area contributed by atoms with Crippen molar-refractivity contribution in [3.05, 3.63) is 63.6 Å². The molecular weight excluding hydrogens is 354 g/mol. The van der Waals surface area contributed by atoms with Gasteiger partial charge in [-0.05, 0) is 23.8 Å². The van der Waals surface area contributed by atoms with Crippen LogP contribution in [0.1, 0.15) is 24.0 Å². The monoisotopic (exact) mass is 368 g/mol. The first-order chi connectivity index (χ1) is 11.5. The minimum Gasteiger partial charge on any atom is -0.399 e. The fourth-order valence-electron chi connectivity index (χ4n) is 2.15. The first kappa shape index (κ1) is 18.4. The largest absolute Gasteiger partial charge is 0.399 e. The molecule has 0 N–H and O–H groups in total. The average Bonchev–Trinajstić information content (AvgIpc) is 2.54. The van der Waals surface area contributed by atoms with Crippen molar-refractivity contribution in [2.24, 2.45) is 5.16 Å². The molecule has 2 rings (SSSR count). The Kier molecular flexibility index (Phi) is 6.70. The quantitative estimate of drug-likeness (QED) is 0.535. The predicted molar refractivity (Wildman–Crippen MR) is 92.1 cm³/mol. The zero-order chi connectivity index (χ0) is 17.5. The highest BCUT2D eigenvalue weighted by Crippen LogP contribution is 2.24. The average molecular weight is 369 g/mol. The molecule has 2 aromatic rings. The minimum atomic E-state index is -0.460. The molecular formula is C17H15Cl2FN2O2. The van der Waals surface area contributed by atoms with Crippen LogP contribution in [0.25, 0.3) is 0 Å². The smallest absolute Gasteiger partial charge is 0.141 e. The van der Waals surface area contributed by atoms with Gasteiger partial charge in [0.2, 0.25) is 0 Å². The number of ketones is 1. The zero-order valence-electron chi connectivity index (χ0n) is 12.9. The molecule has 0 aliphatic heterocycles. The molecule has 126 valence electrons. The zero-order valence-corrected chi connectivity index (χ0v) is 14.4. The van der Waals surface area contributed by atoms with Crippen molar-refractivity contribution < 1.29 is 14.0 Å². The van der Waals surface area contributed by atoms with Crippen LogP contribution in [0.5, 0.6) is 0 Å². The van der Waals surface area contributed by atoms with Crippen LogP contribution in [0, 0.1) is 5.82 Å². The lowest BCUT2D eigenvalue weighted by Crippen LogP contribution is -2.09. The van der Waals surface area contributed by atoms with Gasteiger partial charge in [-0.25, -0.2) is 4.39 Å². The third kappa shape index (κ3) is 5.28. The summed E-state index contributed by atoms with van der Waals surface area (Å²) in [6.07, 6.45) is 3.30. The van der Waals surface area contributed by atoms with Crippen LogP contribution in [0.15, 0.2) is 41.8 Å². The van der Waals surface area contributed by atoms with E-state index in [9.17, 15) is 9.18 Å². The normalized spacial score (nSPS) is 11.4. The summed E-state index contributed by atoms with van der Waals surface area (Å²) in [7, 11) is 1.43. The summed E-state index contributed by atoms with van der Waals surface area (Å²) in [6.45, 7) is 0. The van der Waals surface area contributed by atoms with Gasteiger partial charge in [0, 0.05) is 31.0 Å². The van der Waals surface area contributed by atoms with Crippen LogP contribution in [0.3, 0.4) is 0 Å². The highest BCUT2D eigenvalue weighted by Gasteiger charge is 2.11. The van der Waals surface area contributed by atoms with E-state index in [1.807, 2.05) is 0 Å². The van der Waals surface area contributed by atoms with Gasteiger partial charge in [0.05, 0.1) is 22.0 Å².